The smallest absolute Gasteiger partial charge is 0.303 e. The predicted octanol–water partition coefficient (Wildman–Crippen LogP) is 4.56. The number of Topliss-reactive ketones (excluding diaryl/α,β-unsaturated/α-hetero) is 1. The molecule has 1 rings (SSSR count). The minimum atomic E-state index is -0.769. The number of allylic oxidation sites excluding steroid dienone is 2. The third kappa shape index (κ3) is 8.85. The number of unbranched alkanes of at least 4 members (excludes halogenated alkanes) is 3. The van der Waals surface area contributed by atoms with Crippen molar-refractivity contribution in [3.05, 3.63) is 24.3 Å². The van der Waals surface area contributed by atoms with Crippen molar-refractivity contribution in [3.63, 3.8) is 0 Å². The van der Waals surface area contributed by atoms with Gasteiger partial charge in [0, 0.05) is 38.9 Å². The Labute approximate surface area is 163 Å². The van der Waals surface area contributed by atoms with E-state index in [-0.39, 0.29) is 36.2 Å². The van der Waals surface area contributed by atoms with Crippen molar-refractivity contribution in [1.82, 2.24) is 0 Å². The molecule has 0 aromatic rings. The average Bonchev–Trinajstić information content (AvgIpc) is 2.95. The van der Waals surface area contributed by atoms with E-state index < -0.39 is 5.97 Å². The minimum Gasteiger partial charge on any atom is -0.481 e. The van der Waals surface area contributed by atoms with Crippen molar-refractivity contribution in [2.24, 2.45) is 11.8 Å². The molecule has 0 aromatic heterocycles. The maximum absolute atomic E-state index is 12.4. The van der Waals surface area contributed by atoms with E-state index >= 15 is 0 Å². The van der Waals surface area contributed by atoms with Gasteiger partial charge in [-0.3, -0.25) is 9.59 Å². The van der Waals surface area contributed by atoms with E-state index in [9.17, 15) is 9.59 Å². The Bertz CT molecular complexity index is 497. The first-order chi connectivity index (χ1) is 13.0. The van der Waals surface area contributed by atoms with E-state index in [2.05, 4.69) is 19.1 Å². The van der Waals surface area contributed by atoms with Gasteiger partial charge in [-0.1, -0.05) is 50.5 Å². The molecule has 1 aliphatic rings. The Morgan fingerprint density at radius 3 is 2.67 bits per heavy atom. The number of carbonyl (C=O) groups excluding carboxylic acids is 1. The van der Waals surface area contributed by atoms with Gasteiger partial charge in [0.2, 0.25) is 0 Å². The molecule has 0 spiro atoms. The molecule has 0 saturated heterocycles. The average molecular weight is 381 g/mol. The Morgan fingerprint density at radius 2 is 2.04 bits per heavy atom. The van der Waals surface area contributed by atoms with E-state index in [1.807, 2.05) is 12.2 Å². The van der Waals surface area contributed by atoms with Crippen LogP contribution in [0.5, 0.6) is 0 Å². The molecule has 0 bridgehead atoms. The van der Waals surface area contributed by atoms with E-state index in [0.717, 1.165) is 19.3 Å². The fourth-order valence-corrected chi connectivity index (χ4v) is 3.62. The Morgan fingerprint density at radius 1 is 1.26 bits per heavy atom. The molecule has 4 atom stereocenters. The molecule has 0 heterocycles. The van der Waals surface area contributed by atoms with E-state index in [0.29, 0.717) is 19.3 Å². The predicted molar refractivity (Wildman–Crippen MR) is 107 cm³/mol. The molecule has 5 nitrogen and oxygen atoms in total. The normalized spacial score (nSPS) is 24.3. The van der Waals surface area contributed by atoms with Gasteiger partial charge in [-0.25, -0.2) is 0 Å². The van der Waals surface area contributed by atoms with Crippen LogP contribution in [0.4, 0.5) is 0 Å². The van der Waals surface area contributed by atoms with Gasteiger partial charge >= 0.3 is 5.97 Å². The van der Waals surface area contributed by atoms with Gasteiger partial charge in [0.25, 0.3) is 0 Å². The molecular weight excluding hydrogens is 344 g/mol. The van der Waals surface area contributed by atoms with Gasteiger partial charge < -0.3 is 14.6 Å². The van der Waals surface area contributed by atoms with Crippen molar-refractivity contribution in [3.8, 4) is 0 Å². The highest BCUT2D eigenvalue weighted by molar-refractivity contribution is 5.84. The lowest BCUT2D eigenvalue weighted by molar-refractivity contribution is -0.137. The molecule has 1 aliphatic carbocycles. The second kappa shape index (κ2) is 13.7. The molecule has 0 radical (unpaired) electrons. The summed E-state index contributed by atoms with van der Waals surface area (Å²) in [6.07, 6.45) is 15.4. The lowest BCUT2D eigenvalue weighted by Gasteiger charge is -2.20. The second-order valence-electron chi connectivity index (χ2n) is 7.28. The van der Waals surface area contributed by atoms with Crippen molar-refractivity contribution in [1.29, 1.82) is 0 Å². The fraction of sp³-hybridized carbons (Fsp3) is 0.727. The summed E-state index contributed by atoms with van der Waals surface area (Å²) in [4.78, 5) is 23.0. The highest BCUT2D eigenvalue weighted by Crippen LogP contribution is 2.35. The first-order valence-corrected chi connectivity index (χ1v) is 10.2. The van der Waals surface area contributed by atoms with Gasteiger partial charge in [0.1, 0.15) is 5.78 Å². The zero-order valence-electron chi connectivity index (χ0n) is 17.1. The van der Waals surface area contributed by atoms with Gasteiger partial charge in [-0.15, -0.1) is 0 Å². The van der Waals surface area contributed by atoms with Crippen LogP contribution in [0.1, 0.15) is 64.7 Å². The van der Waals surface area contributed by atoms with Crippen LogP contribution < -0.4 is 0 Å². The lowest BCUT2D eigenvalue weighted by Crippen LogP contribution is -2.20. The van der Waals surface area contributed by atoms with Gasteiger partial charge in [-0.2, -0.15) is 0 Å². The van der Waals surface area contributed by atoms with Crippen LogP contribution in [0.25, 0.3) is 0 Å². The number of ether oxygens (including phenoxy) is 2. The lowest BCUT2D eigenvalue weighted by atomic mass is 9.90. The summed E-state index contributed by atoms with van der Waals surface area (Å²) < 4.78 is 11.1. The van der Waals surface area contributed by atoms with E-state index in [1.54, 1.807) is 14.2 Å². The quantitative estimate of drug-likeness (QED) is 0.353. The Kier molecular flexibility index (Phi) is 11.9. The summed E-state index contributed by atoms with van der Waals surface area (Å²) in [5, 5.41) is 8.66. The van der Waals surface area contributed by atoms with Gasteiger partial charge in [0.15, 0.2) is 0 Å². The zero-order valence-corrected chi connectivity index (χ0v) is 17.1. The van der Waals surface area contributed by atoms with Crippen LogP contribution in [0.2, 0.25) is 0 Å². The van der Waals surface area contributed by atoms with Gasteiger partial charge in [0.05, 0.1) is 12.2 Å². The van der Waals surface area contributed by atoms with E-state index in [4.69, 9.17) is 14.6 Å². The number of ketones is 1. The highest BCUT2D eigenvalue weighted by Gasteiger charge is 2.40. The summed E-state index contributed by atoms with van der Waals surface area (Å²) in [7, 11) is 3.39. The molecule has 0 amide bonds. The van der Waals surface area contributed by atoms with Crippen molar-refractivity contribution >= 4 is 11.8 Å². The Balaban J connectivity index is 2.62. The highest BCUT2D eigenvalue weighted by atomic mass is 16.5. The molecule has 154 valence electrons. The van der Waals surface area contributed by atoms with Crippen LogP contribution in [-0.2, 0) is 19.1 Å². The number of methoxy groups -OCH3 is 2. The molecule has 0 aliphatic heterocycles. The number of aliphatic carboxylic acids is 1. The summed E-state index contributed by atoms with van der Waals surface area (Å²) in [6, 6.07) is 0. The molecule has 0 aromatic carbocycles. The number of hydrogen-bond donors (Lipinski definition) is 1. The Hall–Kier alpha value is -1.46. The van der Waals surface area contributed by atoms with E-state index in [1.165, 1.54) is 12.8 Å². The fourth-order valence-electron chi connectivity index (χ4n) is 3.62. The summed E-state index contributed by atoms with van der Waals surface area (Å²) in [5.74, 6) is -0.536. The van der Waals surface area contributed by atoms with Gasteiger partial charge in [-0.05, 0) is 25.7 Å². The summed E-state index contributed by atoms with van der Waals surface area (Å²) >= 11 is 0. The summed E-state index contributed by atoms with van der Waals surface area (Å²) in [5.41, 5.74) is 0. The molecule has 1 N–H and O–H groups in total. The molecule has 1 fully saturated rings. The van der Waals surface area contributed by atoms with Crippen LogP contribution in [0.3, 0.4) is 0 Å². The van der Waals surface area contributed by atoms with Crippen molar-refractivity contribution in [2.45, 2.75) is 76.9 Å². The topological polar surface area (TPSA) is 72.8 Å². The maximum Gasteiger partial charge on any atom is 0.303 e. The summed E-state index contributed by atoms with van der Waals surface area (Å²) in [6.45, 7) is 2.19. The van der Waals surface area contributed by atoms with Crippen molar-refractivity contribution in [2.75, 3.05) is 14.2 Å². The zero-order chi connectivity index (χ0) is 20.1. The van der Waals surface area contributed by atoms with Crippen molar-refractivity contribution < 1.29 is 24.2 Å². The van der Waals surface area contributed by atoms with Crippen LogP contribution in [-0.4, -0.2) is 43.3 Å². The molecule has 5 heteroatoms. The largest absolute Gasteiger partial charge is 0.481 e. The monoisotopic (exact) mass is 380 g/mol. The first-order valence-electron chi connectivity index (χ1n) is 10.2. The number of rotatable bonds is 14. The third-order valence-corrected chi connectivity index (χ3v) is 5.27. The number of carboxylic acid groups (broad SMARTS) is 1. The van der Waals surface area contributed by atoms with Crippen LogP contribution >= 0.6 is 0 Å². The third-order valence-electron chi connectivity index (χ3n) is 5.27. The number of hydrogen-bond acceptors (Lipinski definition) is 4. The van der Waals surface area contributed by atoms with Crippen LogP contribution in [0, 0.1) is 11.8 Å². The molecule has 1 saturated carbocycles. The molecule has 27 heavy (non-hydrogen) atoms. The SMILES string of the molecule is CCCCCC(C=CC1C(OC)CC(=O)C1CC=CCCCC(=O)O)OC. The molecule has 4 unspecified atom stereocenters. The maximum atomic E-state index is 12.4. The molecular formula is C22H36O5. The second-order valence-corrected chi connectivity index (χ2v) is 7.28. The van der Waals surface area contributed by atoms with Crippen LogP contribution in [0.15, 0.2) is 24.3 Å². The number of carbonyl (C=O) groups is 2. The first kappa shape index (κ1) is 23.6. The number of carboxylic acids is 1. The standard InChI is InChI=1S/C22H36O5/c1-4-5-8-11-17(26-2)14-15-19-18(20(23)16-21(19)27-3)12-9-6-7-10-13-22(24)25/h6,9,14-15,17-19,21H,4-5,7-8,10-13,16H2,1-3H3,(H,24,25). The minimum absolute atomic E-state index is 0.0648.